The first kappa shape index (κ1) is 21.9. The summed E-state index contributed by atoms with van der Waals surface area (Å²) in [6, 6.07) is 15.7. The molecular weight excluding hydrogens is 400 g/mol. The molecule has 1 fully saturated rings. The highest BCUT2D eigenvalue weighted by molar-refractivity contribution is 5.94. The van der Waals surface area contributed by atoms with E-state index >= 15 is 0 Å². The Balaban J connectivity index is 0.00000256. The van der Waals surface area contributed by atoms with E-state index in [1.807, 2.05) is 74.9 Å². The van der Waals surface area contributed by atoms with Crippen molar-refractivity contribution in [2.75, 3.05) is 18.4 Å². The Bertz CT molecular complexity index is 990. The number of rotatable bonds is 6. The molecule has 0 radical (unpaired) electrons. The average molecular weight is 427 g/mol. The van der Waals surface area contributed by atoms with E-state index in [1.165, 1.54) is 0 Å². The summed E-state index contributed by atoms with van der Waals surface area (Å²) in [5.74, 6) is 0.877. The largest absolute Gasteiger partial charge is 0.489 e. The number of benzene rings is 2. The fourth-order valence-corrected chi connectivity index (χ4v) is 3.81. The van der Waals surface area contributed by atoms with Crippen LogP contribution in [-0.2, 0) is 18.4 Å². The molecule has 2 N–H and O–H groups in total. The van der Waals surface area contributed by atoms with Crippen molar-refractivity contribution in [3.63, 3.8) is 0 Å². The number of aromatic nitrogens is 2. The van der Waals surface area contributed by atoms with Gasteiger partial charge < -0.3 is 15.4 Å². The SMILES string of the molecule is Cc1c(COc2ccccc2)cccc1NC(=O)[C@H]1CNC[C@@H]1c1cnn(C)c1.Cl. The summed E-state index contributed by atoms with van der Waals surface area (Å²) in [7, 11) is 1.90. The molecule has 2 aromatic carbocycles. The monoisotopic (exact) mass is 426 g/mol. The summed E-state index contributed by atoms with van der Waals surface area (Å²) in [6.07, 6.45) is 3.84. The number of para-hydroxylation sites is 1. The fourth-order valence-electron chi connectivity index (χ4n) is 3.81. The van der Waals surface area contributed by atoms with Crippen LogP contribution in [0.25, 0.3) is 0 Å². The molecule has 1 aliphatic heterocycles. The third-order valence-corrected chi connectivity index (χ3v) is 5.55. The van der Waals surface area contributed by atoms with Gasteiger partial charge in [0.25, 0.3) is 0 Å². The predicted octanol–water partition coefficient (Wildman–Crippen LogP) is 3.67. The molecule has 1 aliphatic rings. The van der Waals surface area contributed by atoms with Gasteiger partial charge in [-0.2, -0.15) is 5.10 Å². The minimum atomic E-state index is -0.122. The Morgan fingerprint density at radius 2 is 2.00 bits per heavy atom. The third-order valence-electron chi connectivity index (χ3n) is 5.55. The van der Waals surface area contributed by atoms with Gasteiger partial charge in [-0.3, -0.25) is 9.48 Å². The standard InChI is InChI=1S/C23H26N4O2.ClH/c1-16-17(15-29-19-8-4-3-5-9-19)7-6-10-22(16)26-23(28)21-13-24-12-20(21)18-11-25-27(2)14-18;/h3-11,14,20-21,24H,12-13,15H2,1-2H3,(H,26,28);1H/t20-,21+;/m1./s1. The van der Waals surface area contributed by atoms with Crippen LogP contribution in [0, 0.1) is 12.8 Å². The lowest BCUT2D eigenvalue weighted by Crippen LogP contribution is -2.28. The number of carbonyl (C=O) groups is 1. The minimum Gasteiger partial charge on any atom is -0.489 e. The van der Waals surface area contributed by atoms with Gasteiger partial charge in [0.1, 0.15) is 12.4 Å². The van der Waals surface area contributed by atoms with Crippen LogP contribution in [0.4, 0.5) is 5.69 Å². The van der Waals surface area contributed by atoms with Crippen molar-refractivity contribution < 1.29 is 9.53 Å². The van der Waals surface area contributed by atoms with Crippen LogP contribution < -0.4 is 15.4 Å². The predicted molar refractivity (Wildman–Crippen MR) is 120 cm³/mol. The van der Waals surface area contributed by atoms with Gasteiger partial charge in [0, 0.05) is 37.9 Å². The maximum atomic E-state index is 13.0. The van der Waals surface area contributed by atoms with Gasteiger partial charge in [-0.05, 0) is 41.8 Å². The molecular formula is C23H27ClN4O2. The van der Waals surface area contributed by atoms with Gasteiger partial charge in [0.15, 0.2) is 0 Å². The number of nitrogens with one attached hydrogen (secondary N) is 2. The van der Waals surface area contributed by atoms with Gasteiger partial charge in [-0.25, -0.2) is 0 Å². The first-order valence-electron chi connectivity index (χ1n) is 9.88. The van der Waals surface area contributed by atoms with Crippen molar-refractivity contribution in [3.8, 4) is 5.75 Å². The zero-order chi connectivity index (χ0) is 20.2. The van der Waals surface area contributed by atoms with E-state index < -0.39 is 0 Å². The van der Waals surface area contributed by atoms with Gasteiger partial charge in [-0.15, -0.1) is 12.4 Å². The van der Waals surface area contributed by atoms with Gasteiger partial charge in [0.05, 0.1) is 12.1 Å². The number of hydrogen-bond donors (Lipinski definition) is 2. The van der Waals surface area contributed by atoms with E-state index in [2.05, 4.69) is 15.7 Å². The van der Waals surface area contributed by atoms with Crippen LogP contribution in [0.2, 0.25) is 0 Å². The Morgan fingerprint density at radius 1 is 1.20 bits per heavy atom. The van der Waals surface area contributed by atoms with E-state index in [9.17, 15) is 4.79 Å². The van der Waals surface area contributed by atoms with Crippen molar-refractivity contribution in [3.05, 3.63) is 77.6 Å². The number of carbonyl (C=O) groups excluding carboxylic acids is 1. The number of hydrogen-bond acceptors (Lipinski definition) is 4. The Hall–Kier alpha value is -2.83. The molecule has 1 saturated heterocycles. The lowest BCUT2D eigenvalue weighted by Gasteiger charge is -2.19. The van der Waals surface area contributed by atoms with Crippen LogP contribution in [0.15, 0.2) is 60.9 Å². The molecule has 1 aromatic heterocycles. The number of nitrogens with zero attached hydrogens (tertiary/aromatic N) is 2. The number of anilines is 1. The molecule has 158 valence electrons. The van der Waals surface area contributed by atoms with Gasteiger partial charge >= 0.3 is 0 Å². The molecule has 0 bridgehead atoms. The second-order valence-electron chi connectivity index (χ2n) is 7.50. The quantitative estimate of drug-likeness (QED) is 0.631. The summed E-state index contributed by atoms with van der Waals surface area (Å²) in [4.78, 5) is 13.0. The lowest BCUT2D eigenvalue weighted by atomic mass is 9.90. The molecule has 4 rings (SSSR count). The van der Waals surface area contributed by atoms with E-state index in [0.717, 1.165) is 34.7 Å². The fraction of sp³-hybridized carbons (Fsp3) is 0.304. The van der Waals surface area contributed by atoms with Crippen molar-refractivity contribution >= 4 is 24.0 Å². The average Bonchev–Trinajstić information content (AvgIpc) is 3.38. The summed E-state index contributed by atoms with van der Waals surface area (Å²) in [6.45, 7) is 3.93. The number of aryl methyl sites for hydroxylation is 1. The van der Waals surface area contributed by atoms with Crippen LogP contribution in [0.3, 0.4) is 0 Å². The zero-order valence-corrected chi connectivity index (χ0v) is 18.0. The number of amides is 1. The Morgan fingerprint density at radius 3 is 2.73 bits per heavy atom. The molecule has 2 heterocycles. The molecule has 0 spiro atoms. The Kier molecular flexibility index (Phi) is 7.13. The molecule has 3 aromatic rings. The van der Waals surface area contributed by atoms with Crippen molar-refractivity contribution in [2.24, 2.45) is 13.0 Å². The maximum Gasteiger partial charge on any atom is 0.229 e. The number of halogens is 1. The number of ether oxygens (including phenoxy) is 1. The van der Waals surface area contributed by atoms with Crippen LogP contribution in [-0.4, -0.2) is 28.8 Å². The van der Waals surface area contributed by atoms with Crippen molar-refractivity contribution in [2.45, 2.75) is 19.4 Å². The first-order valence-corrected chi connectivity index (χ1v) is 9.88. The summed E-state index contributed by atoms with van der Waals surface area (Å²) in [5.41, 5.74) is 4.01. The highest BCUT2D eigenvalue weighted by atomic mass is 35.5. The smallest absolute Gasteiger partial charge is 0.229 e. The van der Waals surface area contributed by atoms with Crippen LogP contribution in [0.5, 0.6) is 5.75 Å². The summed E-state index contributed by atoms with van der Waals surface area (Å²) < 4.78 is 7.66. The van der Waals surface area contributed by atoms with Gasteiger partial charge in [-0.1, -0.05) is 30.3 Å². The normalized spacial score (nSPS) is 17.9. The molecule has 0 aliphatic carbocycles. The van der Waals surface area contributed by atoms with Crippen molar-refractivity contribution in [1.29, 1.82) is 0 Å². The molecule has 6 nitrogen and oxygen atoms in total. The zero-order valence-electron chi connectivity index (χ0n) is 17.2. The topological polar surface area (TPSA) is 68.2 Å². The van der Waals surface area contributed by atoms with E-state index in [4.69, 9.17) is 4.74 Å². The first-order chi connectivity index (χ1) is 14.1. The summed E-state index contributed by atoms with van der Waals surface area (Å²) >= 11 is 0. The second-order valence-corrected chi connectivity index (χ2v) is 7.50. The van der Waals surface area contributed by atoms with E-state index in [-0.39, 0.29) is 30.2 Å². The molecule has 0 unspecified atom stereocenters. The van der Waals surface area contributed by atoms with E-state index in [1.54, 1.807) is 4.68 Å². The van der Waals surface area contributed by atoms with Crippen molar-refractivity contribution in [1.82, 2.24) is 15.1 Å². The molecule has 2 atom stereocenters. The second kappa shape index (κ2) is 9.78. The lowest BCUT2D eigenvalue weighted by molar-refractivity contribution is -0.119. The molecule has 30 heavy (non-hydrogen) atoms. The van der Waals surface area contributed by atoms with Crippen LogP contribution >= 0.6 is 12.4 Å². The van der Waals surface area contributed by atoms with E-state index in [0.29, 0.717) is 13.2 Å². The highest BCUT2D eigenvalue weighted by Crippen LogP contribution is 2.30. The summed E-state index contributed by atoms with van der Waals surface area (Å²) in [5, 5.41) is 10.7. The highest BCUT2D eigenvalue weighted by Gasteiger charge is 2.34. The van der Waals surface area contributed by atoms with Gasteiger partial charge in [0.2, 0.25) is 5.91 Å². The maximum absolute atomic E-state index is 13.0. The molecule has 1 amide bonds. The molecule has 0 saturated carbocycles. The van der Waals surface area contributed by atoms with Crippen LogP contribution in [0.1, 0.15) is 22.6 Å². The minimum absolute atomic E-state index is 0. The third kappa shape index (κ3) is 4.83. The molecule has 7 heteroatoms. The Labute approximate surface area is 183 Å².